The van der Waals surface area contributed by atoms with Gasteiger partial charge in [-0.15, -0.1) is 4.73 Å². The minimum atomic E-state index is -1.11. The SMILES string of the molecule is CCCCC(CCC(C)(C)OCCC(C)(C)OC)C(=O)Oc1ccc(COC(=O)On2c(O)ccc2O)cc1. The predicted molar refractivity (Wildman–Crippen MR) is 145 cm³/mol. The molecule has 0 saturated carbocycles. The Morgan fingerprint density at radius 1 is 0.923 bits per heavy atom. The summed E-state index contributed by atoms with van der Waals surface area (Å²) in [5, 5.41) is 19.0. The molecule has 39 heavy (non-hydrogen) atoms. The van der Waals surface area contributed by atoms with Crippen LogP contribution in [0.2, 0.25) is 0 Å². The number of rotatable bonds is 16. The van der Waals surface area contributed by atoms with Gasteiger partial charge in [-0.2, -0.15) is 0 Å². The van der Waals surface area contributed by atoms with Crippen molar-refractivity contribution in [2.45, 2.75) is 91.0 Å². The molecular formula is C29H43NO9. The Morgan fingerprint density at radius 3 is 2.15 bits per heavy atom. The molecular weight excluding hydrogens is 506 g/mol. The van der Waals surface area contributed by atoms with Crippen molar-refractivity contribution in [3.63, 3.8) is 0 Å². The highest BCUT2D eigenvalue weighted by Gasteiger charge is 2.27. The molecule has 0 saturated heterocycles. The Bertz CT molecular complexity index is 1020. The number of benzene rings is 1. The number of hydrogen-bond acceptors (Lipinski definition) is 9. The summed E-state index contributed by atoms with van der Waals surface area (Å²) in [7, 11) is 1.69. The molecule has 0 spiro atoms. The smallest absolute Gasteiger partial charge is 0.492 e. The van der Waals surface area contributed by atoms with Crippen molar-refractivity contribution < 1.29 is 43.6 Å². The first-order valence-electron chi connectivity index (χ1n) is 13.3. The monoisotopic (exact) mass is 549 g/mol. The van der Waals surface area contributed by atoms with Crippen LogP contribution in [-0.2, 0) is 25.6 Å². The fourth-order valence-electron chi connectivity index (χ4n) is 3.69. The molecule has 10 heteroatoms. The number of carbonyl (C=O) groups excluding carboxylic acids is 2. The van der Waals surface area contributed by atoms with Crippen molar-refractivity contribution in [1.82, 2.24) is 4.73 Å². The van der Waals surface area contributed by atoms with Crippen molar-refractivity contribution in [3.8, 4) is 17.5 Å². The molecule has 0 bridgehead atoms. The van der Waals surface area contributed by atoms with Crippen LogP contribution in [0.5, 0.6) is 17.5 Å². The van der Waals surface area contributed by atoms with E-state index in [1.807, 2.05) is 27.7 Å². The van der Waals surface area contributed by atoms with E-state index in [0.29, 0.717) is 29.1 Å². The van der Waals surface area contributed by atoms with Gasteiger partial charge in [0.15, 0.2) is 0 Å². The minimum absolute atomic E-state index is 0.119. The third-order valence-corrected chi connectivity index (χ3v) is 6.55. The zero-order valence-corrected chi connectivity index (χ0v) is 23.9. The number of aromatic hydroxyl groups is 2. The van der Waals surface area contributed by atoms with Crippen LogP contribution in [0.1, 0.15) is 78.7 Å². The van der Waals surface area contributed by atoms with Crippen molar-refractivity contribution in [3.05, 3.63) is 42.0 Å². The highest BCUT2D eigenvalue weighted by Crippen LogP contribution is 2.26. The van der Waals surface area contributed by atoms with E-state index in [9.17, 15) is 19.8 Å². The van der Waals surface area contributed by atoms with Gasteiger partial charge in [-0.05, 0) is 71.1 Å². The van der Waals surface area contributed by atoms with Crippen LogP contribution in [0.25, 0.3) is 0 Å². The van der Waals surface area contributed by atoms with Crippen LogP contribution in [0.4, 0.5) is 4.79 Å². The Balaban J connectivity index is 1.86. The Kier molecular flexibility index (Phi) is 12.1. The molecule has 1 aromatic heterocycles. The normalized spacial score (nSPS) is 12.7. The summed E-state index contributed by atoms with van der Waals surface area (Å²) >= 11 is 0. The van der Waals surface area contributed by atoms with Gasteiger partial charge < -0.3 is 29.2 Å². The summed E-state index contributed by atoms with van der Waals surface area (Å²) in [5.74, 6) is -1.03. The van der Waals surface area contributed by atoms with Gasteiger partial charge in [-0.3, -0.25) is 9.63 Å². The quantitative estimate of drug-likeness (QED) is 0.198. The third-order valence-electron chi connectivity index (χ3n) is 6.55. The fourth-order valence-corrected chi connectivity index (χ4v) is 3.69. The topological polar surface area (TPSA) is 126 Å². The Morgan fingerprint density at radius 2 is 1.56 bits per heavy atom. The molecule has 0 aliphatic carbocycles. The lowest BCUT2D eigenvalue weighted by molar-refractivity contribution is -0.140. The van der Waals surface area contributed by atoms with Gasteiger partial charge in [0.25, 0.3) is 0 Å². The second-order valence-corrected chi connectivity index (χ2v) is 10.7. The predicted octanol–water partition coefficient (Wildman–Crippen LogP) is 5.77. The number of nitrogens with zero attached hydrogens (tertiary/aromatic N) is 1. The summed E-state index contributed by atoms with van der Waals surface area (Å²) in [6, 6.07) is 8.92. The van der Waals surface area contributed by atoms with E-state index in [2.05, 4.69) is 6.92 Å². The summed E-state index contributed by atoms with van der Waals surface area (Å²) in [6.45, 7) is 10.7. The van der Waals surface area contributed by atoms with E-state index >= 15 is 0 Å². The molecule has 2 aromatic rings. The van der Waals surface area contributed by atoms with Crippen LogP contribution < -0.4 is 9.57 Å². The van der Waals surface area contributed by atoms with Gasteiger partial charge >= 0.3 is 12.1 Å². The van der Waals surface area contributed by atoms with Gasteiger partial charge in [0.05, 0.1) is 23.7 Å². The van der Waals surface area contributed by atoms with Crippen molar-refractivity contribution in [2.24, 2.45) is 5.92 Å². The van der Waals surface area contributed by atoms with Crippen LogP contribution in [0, 0.1) is 5.92 Å². The summed E-state index contributed by atoms with van der Waals surface area (Å²) < 4.78 is 22.8. The summed E-state index contributed by atoms with van der Waals surface area (Å²) in [5.41, 5.74) is 0.00683. The fraction of sp³-hybridized carbons (Fsp3) is 0.586. The first-order chi connectivity index (χ1) is 18.4. The molecule has 0 radical (unpaired) electrons. The highest BCUT2D eigenvalue weighted by molar-refractivity contribution is 5.75. The molecule has 1 atom stereocenters. The van der Waals surface area contributed by atoms with Gasteiger partial charge in [-0.25, -0.2) is 4.79 Å². The first kappa shape index (κ1) is 32.0. The van der Waals surface area contributed by atoms with Crippen LogP contribution in [0.15, 0.2) is 36.4 Å². The zero-order chi connectivity index (χ0) is 29.1. The van der Waals surface area contributed by atoms with Gasteiger partial charge in [-0.1, -0.05) is 31.9 Å². The van der Waals surface area contributed by atoms with Crippen LogP contribution >= 0.6 is 0 Å². The Hall–Kier alpha value is -3.24. The molecule has 2 rings (SSSR count). The number of carbonyl (C=O) groups is 2. The molecule has 1 aromatic carbocycles. The van der Waals surface area contributed by atoms with E-state index in [1.54, 1.807) is 31.4 Å². The van der Waals surface area contributed by atoms with Gasteiger partial charge in [0, 0.05) is 19.2 Å². The molecule has 2 N–H and O–H groups in total. The summed E-state index contributed by atoms with van der Waals surface area (Å²) in [4.78, 5) is 29.6. The molecule has 0 fully saturated rings. The van der Waals surface area contributed by atoms with Crippen LogP contribution in [0.3, 0.4) is 0 Å². The van der Waals surface area contributed by atoms with Gasteiger partial charge in [0.2, 0.25) is 11.8 Å². The second kappa shape index (κ2) is 14.8. The molecule has 0 amide bonds. The van der Waals surface area contributed by atoms with E-state index in [-0.39, 0.29) is 29.7 Å². The maximum atomic E-state index is 13.0. The second-order valence-electron chi connectivity index (χ2n) is 10.7. The van der Waals surface area contributed by atoms with Crippen molar-refractivity contribution >= 4 is 12.1 Å². The average Bonchev–Trinajstić information content (AvgIpc) is 3.20. The number of hydrogen-bond donors (Lipinski definition) is 2. The minimum Gasteiger partial charge on any atom is -0.492 e. The Labute approximate surface area is 230 Å². The standard InChI is InChI=1S/C29H43NO9/c1-7-8-9-22(16-17-29(4,5)37-19-18-28(2,3)35-6)26(33)38-23-12-10-21(11-13-23)20-36-27(34)39-30-24(31)14-15-25(30)32/h10-15,22,31-32H,7-9,16-20H2,1-6H3. The zero-order valence-electron chi connectivity index (χ0n) is 23.9. The molecule has 10 nitrogen and oxygen atoms in total. The molecule has 0 aliphatic heterocycles. The third kappa shape index (κ3) is 11.2. The number of ether oxygens (including phenoxy) is 4. The van der Waals surface area contributed by atoms with Crippen LogP contribution in [-0.4, -0.2) is 52.0 Å². The first-order valence-corrected chi connectivity index (χ1v) is 13.3. The molecule has 218 valence electrons. The average molecular weight is 550 g/mol. The maximum absolute atomic E-state index is 13.0. The number of methoxy groups -OCH3 is 1. The lowest BCUT2D eigenvalue weighted by Gasteiger charge is -2.30. The highest BCUT2D eigenvalue weighted by atomic mass is 16.8. The summed E-state index contributed by atoms with van der Waals surface area (Å²) in [6.07, 6.45) is 3.68. The number of unbranched alkanes of at least 4 members (excludes halogenated alkanes) is 1. The van der Waals surface area contributed by atoms with Gasteiger partial charge in [0.1, 0.15) is 12.4 Å². The molecule has 1 heterocycles. The largest absolute Gasteiger partial charge is 0.534 e. The van der Waals surface area contributed by atoms with E-state index < -0.39 is 17.9 Å². The van der Waals surface area contributed by atoms with E-state index in [0.717, 1.165) is 44.2 Å². The van der Waals surface area contributed by atoms with E-state index in [4.69, 9.17) is 23.8 Å². The maximum Gasteiger partial charge on any atom is 0.534 e. The molecule has 0 aliphatic rings. The lowest BCUT2D eigenvalue weighted by atomic mass is 9.91. The number of esters is 1. The van der Waals surface area contributed by atoms with Crippen molar-refractivity contribution in [2.75, 3.05) is 13.7 Å². The van der Waals surface area contributed by atoms with E-state index in [1.165, 1.54) is 0 Å². The number of aromatic nitrogens is 1. The lowest BCUT2D eigenvalue weighted by Crippen LogP contribution is -2.31. The molecule has 1 unspecified atom stereocenters. The van der Waals surface area contributed by atoms with Crippen molar-refractivity contribution in [1.29, 1.82) is 0 Å².